The van der Waals surface area contributed by atoms with Crippen molar-refractivity contribution in [1.29, 1.82) is 0 Å². The Bertz CT molecular complexity index is 893. The van der Waals surface area contributed by atoms with Gasteiger partial charge >= 0.3 is 184 Å². The minimum atomic E-state index is -4.38. The molecule has 0 aliphatic rings. The van der Waals surface area contributed by atoms with Crippen LogP contribution >= 0.6 is 15.9 Å². The van der Waals surface area contributed by atoms with Crippen molar-refractivity contribution >= 4 is 15.9 Å². The fourth-order valence-corrected chi connectivity index (χ4v) is 12.9. The van der Waals surface area contributed by atoms with Gasteiger partial charge in [-0.05, 0) is 12.8 Å². The van der Waals surface area contributed by atoms with Gasteiger partial charge in [-0.25, -0.2) is 0 Å². The van der Waals surface area contributed by atoms with Crippen molar-refractivity contribution in [1.82, 2.24) is 0 Å². The molecule has 6 nitrogen and oxygen atoms in total. The monoisotopic (exact) mass is 1060 g/mol. The summed E-state index contributed by atoms with van der Waals surface area (Å²) in [4.78, 5) is 41.1. The fourth-order valence-electron chi connectivity index (χ4n) is 10.3. The molecule has 0 aromatic carbocycles. The normalized spacial score (nSPS) is 12.4. The molecule has 0 spiro atoms. The molecule has 0 rings (SSSR count). The van der Waals surface area contributed by atoms with E-state index in [9.17, 15) is 19.6 Å². The van der Waals surface area contributed by atoms with Gasteiger partial charge in [0.15, 0.2) is 0 Å². The SMILES string of the molecule is CCCCCCCCCCCCCCCCOP(O)OCCCCCCCCCCCCCCCC.CCCCCCCCCCCCCCCCP(O)(O)(O)CCCCCCCCCCCCCCCC. The molecule has 0 unspecified atom stereocenters. The topological polar surface area (TPSA) is 99.4 Å². The van der Waals surface area contributed by atoms with Gasteiger partial charge in [0, 0.05) is 0 Å². The molecular weight excluding hydrogens is 927 g/mol. The van der Waals surface area contributed by atoms with Gasteiger partial charge in [0.1, 0.15) is 0 Å². The van der Waals surface area contributed by atoms with E-state index in [0.717, 1.165) is 51.4 Å². The standard InChI is InChI=1S/C32H69O3P.C32H67O3P/c1-3-5-7-9-11-13-15-17-19-21-23-25-27-29-31-36(33,34,35)32-30-28-26-24-22-20-18-16-14-12-10-8-6-4-2;1-3-5-7-9-11-13-15-17-19-21-23-25-27-29-31-34-36(33)35-32-30-28-26-24-22-20-18-16-14-12-10-8-6-4-2/h33-35H,3-32H2,1-2H3;33H,3-32H2,1-2H3. The average molecular weight is 1060 g/mol. The minimum absolute atomic E-state index is 0.210. The molecule has 0 aliphatic heterocycles. The second-order valence-corrected chi connectivity index (χ2v) is 27.6. The Hall–Kier alpha value is 0.620. The first-order valence-electron chi connectivity index (χ1n) is 33.2. The molecule has 0 atom stereocenters. The average Bonchev–Trinajstić information content (AvgIpc) is 3.36. The maximum atomic E-state index is 10.4. The molecule has 72 heavy (non-hydrogen) atoms. The van der Waals surface area contributed by atoms with E-state index in [4.69, 9.17) is 9.05 Å². The number of unbranched alkanes of at least 4 members (excludes halogenated alkanes) is 52. The van der Waals surface area contributed by atoms with Crippen molar-refractivity contribution < 1.29 is 28.6 Å². The van der Waals surface area contributed by atoms with E-state index >= 15 is 0 Å². The van der Waals surface area contributed by atoms with E-state index in [2.05, 4.69) is 27.7 Å². The fraction of sp³-hybridized carbons (Fsp3) is 1.00. The molecule has 0 radical (unpaired) electrons. The van der Waals surface area contributed by atoms with Crippen LogP contribution in [0.25, 0.3) is 0 Å². The second-order valence-electron chi connectivity index (χ2n) is 23.1. The molecule has 0 amide bonds. The summed E-state index contributed by atoms with van der Waals surface area (Å²) in [6.45, 7) is 10.4. The third kappa shape index (κ3) is 68.6. The van der Waals surface area contributed by atoms with Gasteiger partial charge < -0.3 is 13.9 Å². The van der Waals surface area contributed by atoms with Crippen LogP contribution in [0.3, 0.4) is 0 Å². The van der Waals surface area contributed by atoms with Crippen LogP contribution in [0.15, 0.2) is 0 Å². The molecule has 0 fully saturated rings. The van der Waals surface area contributed by atoms with Crippen LogP contribution < -0.4 is 0 Å². The predicted octanol–water partition coefficient (Wildman–Crippen LogP) is 23.4. The Kier molecular flexibility index (Phi) is 64.8. The molecular formula is C64H136O6P2. The zero-order valence-corrected chi connectivity index (χ0v) is 51.7. The van der Waals surface area contributed by atoms with Gasteiger partial charge in [-0.3, -0.25) is 0 Å². The molecule has 4 N–H and O–H groups in total. The number of hydrogen-bond acceptors (Lipinski definition) is 6. The van der Waals surface area contributed by atoms with Crippen LogP contribution in [-0.2, 0) is 9.05 Å². The Labute approximate surface area is 455 Å². The summed E-state index contributed by atoms with van der Waals surface area (Å²) < 4.78 is 10.9. The molecule has 8 heteroatoms. The molecule has 0 aliphatic carbocycles. The van der Waals surface area contributed by atoms with Crippen LogP contribution in [0.5, 0.6) is 0 Å². The predicted molar refractivity (Wildman–Crippen MR) is 326 cm³/mol. The van der Waals surface area contributed by atoms with Gasteiger partial charge in [-0.1, -0.05) is 233 Å². The number of rotatable bonds is 62. The van der Waals surface area contributed by atoms with Crippen molar-refractivity contribution in [2.75, 3.05) is 25.5 Å². The van der Waals surface area contributed by atoms with Crippen LogP contribution in [0, 0.1) is 0 Å². The molecule has 438 valence electrons. The molecule has 0 aromatic heterocycles. The van der Waals surface area contributed by atoms with Crippen LogP contribution in [0.1, 0.15) is 387 Å². The van der Waals surface area contributed by atoms with E-state index in [1.807, 2.05) is 0 Å². The van der Waals surface area contributed by atoms with Crippen molar-refractivity contribution in [3.63, 3.8) is 0 Å². The Morgan fingerprint density at radius 2 is 0.361 bits per heavy atom. The Morgan fingerprint density at radius 3 is 0.528 bits per heavy atom. The van der Waals surface area contributed by atoms with Gasteiger partial charge in [-0.2, -0.15) is 0 Å². The third-order valence-corrected chi connectivity index (χ3v) is 18.6. The number of hydrogen-bond donors (Lipinski definition) is 4. The van der Waals surface area contributed by atoms with E-state index in [1.165, 1.54) is 308 Å². The first-order chi connectivity index (χ1) is 35.2. The van der Waals surface area contributed by atoms with Gasteiger partial charge in [0.25, 0.3) is 0 Å². The van der Waals surface area contributed by atoms with Crippen molar-refractivity contribution in [2.24, 2.45) is 0 Å². The second kappa shape index (κ2) is 62.5. The van der Waals surface area contributed by atoms with Crippen molar-refractivity contribution in [2.45, 2.75) is 387 Å². The van der Waals surface area contributed by atoms with Crippen molar-refractivity contribution in [3.8, 4) is 0 Å². The van der Waals surface area contributed by atoms with E-state index < -0.39 is 15.9 Å². The van der Waals surface area contributed by atoms with E-state index in [0.29, 0.717) is 13.2 Å². The summed E-state index contributed by atoms with van der Waals surface area (Å²) in [5.41, 5.74) is 0. The minimum Gasteiger partial charge on any atom is -0.0654 e. The van der Waals surface area contributed by atoms with Crippen LogP contribution in [0.2, 0.25) is 0 Å². The van der Waals surface area contributed by atoms with Gasteiger partial charge in [-0.15, -0.1) is 0 Å². The summed E-state index contributed by atoms with van der Waals surface area (Å²) >= 11 is 0. The summed E-state index contributed by atoms with van der Waals surface area (Å²) in [6.07, 6.45) is 74.3. The molecule has 0 heterocycles. The smallest absolute Gasteiger partial charge is 0.0654 e. The first-order valence-corrected chi connectivity index (χ1v) is 36.8. The molecule has 0 bridgehead atoms. The zero-order valence-electron chi connectivity index (χ0n) is 49.9. The Balaban J connectivity index is 0. The third-order valence-electron chi connectivity index (χ3n) is 15.3. The van der Waals surface area contributed by atoms with Gasteiger partial charge in [0.2, 0.25) is 0 Å². The Morgan fingerprint density at radius 1 is 0.222 bits per heavy atom. The van der Waals surface area contributed by atoms with E-state index in [1.54, 1.807) is 0 Å². The van der Waals surface area contributed by atoms with Crippen LogP contribution in [-0.4, -0.2) is 45.1 Å². The molecule has 0 saturated carbocycles. The molecule has 0 saturated heterocycles. The first kappa shape index (κ1) is 74.7. The van der Waals surface area contributed by atoms with E-state index in [-0.39, 0.29) is 12.3 Å². The molecule has 0 aromatic rings. The van der Waals surface area contributed by atoms with Crippen LogP contribution in [0.4, 0.5) is 0 Å². The summed E-state index contributed by atoms with van der Waals surface area (Å²) in [5, 5.41) is 0. The summed E-state index contributed by atoms with van der Waals surface area (Å²) in [7, 11) is -6.05. The quantitative estimate of drug-likeness (QED) is 0.0358. The van der Waals surface area contributed by atoms with Crippen molar-refractivity contribution in [3.05, 3.63) is 0 Å². The zero-order chi connectivity index (χ0) is 52.9. The maximum absolute atomic E-state index is 10.4. The summed E-state index contributed by atoms with van der Waals surface area (Å²) in [6, 6.07) is 0. The summed E-state index contributed by atoms with van der Waals surface area (Å²) in [5.74, 6) is 0. The van der Waals surface area contributed by atoms with Gasteiger partial charge in [0.05, 0.1) is 13.2 Å².